The highest BCUT2D eigenvalue weighted by molar-refractivity contribution is 5.99. The number of ether oxygens (including phenoxy) is 1. The second-order valence-corrected chi connectivity index (χ2v) is 4.54. The van der Waals surface area contributed by atoms with Gasteiger partial charge in [-0.25, -0.2) is 4.79 Å². The van der Waals surface area contributed by atoms with Crippen molar-refractivity contribution >= 4 is 22.5 Å². The summed E-state index contributed by atoms with van der Waals surface area (Å²) < 4.78 is 10.7. The van der Waals surface area contributed by atoms with Gasteiger partial charge in [-0.05, 0) is 25.8 Å². The van der Waals surface area contributed by atoms with Crippen molar-refractivity contribution in [3.8, 4) is 0 Å². The highest BCUT2D eigenvalue weighted by Crippen LogP contribution is 2.32. The highest BCUT2D eigenvalue weighted by Gasteiger charge is 2.20. The van der Waals surface area contributed by atoms with Crippen molar-refractivity contribution in [1.82, 2.24) is 0 Å². The minimum Gasteiger partial charge on any atom is -0.460 e. The minimum atomic E-state index is -0.458. The van der Waals surface area contributed by atoms with Crippen molar-refractivity contribution in [2.24, 2.45) is 0 Å². The Labute approximate surface area is 117 Å². The van der Waals surface area contributed by atoms with Crippen LogP contribution in [-0.4, -0.2) is 24.3 Å². The van der Waals surface area contributed by atoms with Gasteiger partial charge in [0.15, 0.2) is 0 Å². The van der Waals surface area contributed by atoms with Crippen LogP contribution in [0.2, 0.25) is 0 Å². The molecule has 0 bridgehead atoms. The average Bonchev–Trinajstić information content (AvgIpc) is 2.77. The lowest BCUT2D eigenvalue weighted by atomic mass is 10.0. The average molecular weight is 274 g/mol. The highest BCUT2D eigenvalue weighted by atomic mass is 16.5. The van der Waals surface area contributed by atoms with Crippen LogP contribution in [0.15, 0.2) is 29.2 Å². The molecule has 0 radical (unpaired) electrons. The van der Waals surface area contributed by atoms with Crippen molar-refractivity contribution in [2.45, 2.75) is 20.3 Å². The number of benzene rings is 1. The van der Waals surface area contributed by atoms with Crippen LogP contribution in [0.3, 0.4) is 0 Å². The van der Waals surface area contributed by atoms with Crippen LogP contribution < -0.4 is 0 Å². The van der Waals surface area contributed by atoms with Gasteiger partial charge in [-0.1, -0.05) is 24.8 Å². The first kappa shape index (κ1) is 14.3. The zero-order valence-corrected chi connectivity index (χ0v) is 11.7. The SMILES string of the molecule is C=C(CCO)c1cccc2c(C)c(C(=O)OCC)oc12. The fraction of sp³-hybridized carbons (Fsp3) is 0.312. The van der Waals surface area contributed by atoms with Crippen LogP contribution in [0, 0.1) is 6.92 Å². The summed E-state index contributed by atoms with van der Waals surface area (Å²) in [6, 6.07) is 5.66. The zero-order valence-electron chi connectivity index (χ0n) is 11.7. The van der Waals surface area contributed by atoms with Crippen LogP contribution in [0.25, 0.3) is 16.5 Å². The Bertz CT molecular complexity index is 652. The van der Waals surface area contributed by atoms with E-state index in [1.165, 1.54) is 0 Å². The molecular weight excluding hydrogens is 256 g/mol. The molecule has 4 nitrogen and oxygen atoms in total. The number of esters is 1. The van der Waals surface area contributed by atoms with Crippen LogP contribution in [0.4, 0.5) is 0 Å². The Morgan fingerprint density at radius 1 is 1.45 bits per heavy atom. The van der Waals surface area contributed by atoms with Crippen molar-refractivity contribution < 1.29 is 19.1 Å². The third-order valence-electron chi connectivity index (χ3n) is 3.22. The molecule has 20 heavy (non-hydrogen) atoms. The molecule has 4 heteroatoms. The molecule has 1 aromatic heterocycles. The number of rotatable bonds is 5. The Kier molecular flexibility index (Phi) is 4.25. The van der Waals surface area contributed by atoms with Crippen LogP contribution in [-0.2, 0) is 4.74 Å². The predicted molar refractivity (Wildman–Crippen MR) is 77.6 cm³/mol. The summed E-state index contributed by atoms with van der Waals surface area (Å²) in [7, 11) is 0. The molecule has 0 atom stereocenters. The van der Waals surface area contributed by atoms with Crippen molar-refractivity contribution in [2.75, 3.05) is 13.2 Å². The van der Waals surface area contributed by atoms with E-state index in [1.54, 1.807) is 6.92 Å². The minimum absolute atomic E-state index is 0.0274. The molecule has 1 aromatic carbocycles. The van der Waals surface area contributed by atoms with Gasteiger partial charge in [0.05, 0.1) is 6.61 Å². The topological polar surface area (TPSA) is 59.7 Å². The van der Waals surface area contributed by atoms with Gasteiger partial charge in [0.25, 0.3) is 0 Å². The van der Waals surface area contributed by atoms with E-state index in [0.717, 1.165) is 22.1 Å². The van der Waals surface area contributed by atoms with E-state index in [2.05, 4.69) is 6.58 Å². The molecule has 0 aliphatic heterocycles. The van der Waals surface area contributed by atoms with Gasteiger partial charge >= 0.3 is 5.97 Å². The molecule has 0 aliphatic carbocycles. The van der Waals surface area contributed by atoms with Gasteiger partial charge in [-0.15, -0.1) is 0 Å². The van der Waals surface area contributed by atoms with E-state index >= 15 is 0 Å². The predicted octanol–water partition coefficient (Wildman–Crippen LogP) is 3.31. The molecule has 0 fully saturated rings. The van der Waals surface area contributed by atoms with Gasteiger partial charge in [0.1, 0.15) is 5.58 Å². The molecule has 1 N–H and O–H groups in total. The molecule has 1 heterocycles. The molecule has 106 valence electrons. The number of carbonyl (C=O) groups excluding carboxylic acids is 1. The first-order chi connectivity index (χ1) is 9.60. The fourth-order valence-corrected chi connectivity index (χ4v) is 2.18. The molecule has 0 unspecified atom stereocenters. The maximum absolute atomic E-state index is 11.9. The van der Waals surface area contributed by atoms with Crippen molar-refractivity contribution in [1.29, 1.82) is 0 Å². The first-order valence-corrected chi connectivity index (χ1v) is 6.58. The molecular formula is C16H18O4. The number of aliphatic hydroxyl groups is 1. The Hall–Kier alpha value is -2.07. The van der Waals surface area contributed by atoms with Gasteiger partial charge in [-0.3, -0.25) is 0 Å². The second kappa shape index (κ2) is 5.92. The maximum atomic E-state index is 11.9. The third-order valence-corrected chi connectivity index (χ3v) is 3.22. The third kappa shape index (κ3) is 2.47. The van der Waals surface area contributed by atoms with Gasteiger partial charge in [0.2, 0.25) is 5.76 Å². The molecule has 0 spiro atoms. The van der Waals surface area contributed by atoms with E-state index in [1.807, 2.05) is 25.1 Å². The monoisotopic (exact) mass is 274 g/mol. The van der Waals surface area contributed by atoms with Crippen molar-refractivity contribution in [3.63, 3.8) is 0 Å². The summed E-state index contributed by atoms with van der Waals surface area (Å²) in [6.45, 7) is 7.87. The molecule has 0 amide bonds. The molecule has 0 saturated carbocycles. The zero-order chi connectivity index (χ0) is 14.7. The Morgan fingerprint density at radius 3 is 2.85 bits per heavy atom. The van der Waals surface area contributed by atoms with E-state index in [-0.39, 0.29) is 12.4 Å². The number of hydrogen-bond donors (Lipinski definition) is 1. The molecule has 2 rings (SSSR count). The number of aliphatic hydroxyl groups excluding tert-OH is 1. The van der Waals surface area contributed by atoms with Crippen LogP contribution in [0.1, 0.15) is 35.0 Å². The summed E-state index contributed by atoms with van der Waals surface area (Å²) >= 11 is 0. The summed E-state index contributed by atoms with van der Waals surface area (Å²) in [5.41, 5.74) is 2.97. The van der Waals surface area contributed by atoms with E-state index in [4.69, 9.17) is 14.3 Å². The lowest BCUT2D eigenvalue weighted by Crippen LogP contribution is -2.04. The molecule has 0 aliphatic rings. The molecule has 2 aromatic rings. The number of furan rings is 1. The number of hydrogen-bond acceptors (Lipinski definition) is 4. The van der Waals surface area contributed by atoms with E-state index < -0.39 is 5.97 Å². The van der Waals surface area contributed by atoms with Crippen molar-refractivity contribution in [3.05, 3.63) is 41.7 Å². The van der Waals surface area contributed by atoms with Gasteiger partial charge in [0, 0.05) is 23.1 Å². The number of para-hydroxylation sites is 1. The first-order valence-electron chi connectivity index (χ1n) is 6.58. The Balaban J connectivity index is 2.56. The fourth-order valence-electron chi connectivity index (χ4n) is 2.18. The smallest absolute Gasteiger partial charge is 0.374 e. The lowest BCUT2D eigenvalue weighted by molar-refractivity contribution is 0.0491. The largest absolute Gasteiger partial charge is 0.460 e. The summed E-state index contributed by atoms with van der Waals surface area (Å²) in [5, 5.41) is 9.89. The maximum Gasteiger partial charge on any atom is 0.374 e. The van der Waals surface area contributed by atoms with Crippen LogP contribution in [0.5, 0.6) is 0 Å². The van der Waals surface area contributed by atoms with E-state index in [0.29, 0.717) is 18.6 Å². The summed E-state index contributed by atoms with van der Waals surface area (Å²) in [5.74, 6) is -0.231. The summed E-state index contributed by atoms with van der Waals surface area (Å²) in [4.78, 5) is 11.9. The lowest BCUT2D eigenvalue weighted by Gasteiger charge is -2.04. The number of aryl methyl sites for hydroxylation is 1. The normalized spacial score (nSPS) is 10.8. The Morgan fingerprint density at radius 2 is 2.20 bits per heavy atom. The number of fused-ring (bicyclic) bond motifs is 1. The van der Waals surface area contributed by atoms with Gasteiger partial charge < -0.3 is 14.3 Å². The van der Waals surface area contributed by atoms with Crippen LogP contribution >= 0.6 is 0 Å². The second-order valence-electron chi connectivity index (χ2n) is 4.54. The summed E-state index contributed by atoms with van der Waals surface area (Å²) in [6.07, 6.45) is 0.466. The quantitative estimate of drug-likeness (QED) is 0.850. The molecule has 0 saturated heterocycles. The van der Waals surface area contributed by atoms with E-state index in [9.17, 15) is 4.79 Å². The standard InChI is InChI=1S/C16H18O4/c1-4-19-16(18)14-11(3)13-7-5-6-12(15(13)20-14)10(2)8-9-17/h5-7,17H,2,4,8-9H2,1,3H3. The number of carbonyl (C=O) groups is 1. The van der Waals surface area contributed by atoms with Gasteiger partial charge in [-0.2, -0.15) is 0 Å².